The first-order chi connectivity index (χ1) is 14.6. The van der Waals surface area contributed by atoms with Crippen LogP contribution in [0.4, 0.5) is 0 Å². The van der Waals surface area contributed by atoms with Crippen molar-refractivity contribution in [3.8, 4) is 23.1 Å². The molecule has 0 unspecified atom stereocenters. The van der Waals surface area contributed by atoms with Crippen LogP contribution in [-0.2, 0) is 6.54 Å². The highest BCUT2D eigenvalue weighted by atomic mass is 32.2. The molecule has 0 saturated heterocycles. The summed E-state index contributed by atoms with van der Waals surface area (Å²) in [5.74, 6) is 7.48. The second-order valence-electron chi connectivity index (χ2n) is 7.29. The molecule has 2 N–H and O–H groups in total. The van der Waals surface area contributed by atoms with Crippen LogP contribution in [0.5, 0.6) is 0 Å². The fraction of sp³-hybridized carbons (Fsp3) is 0.250. The number of benzene rings is 2. The number of hydrogen-bond donors (Lipinski definition) is 2. The Hall–Kier alpha value is -3.01. The lowest BCUT2D eigenvalue weighted by Gasteiger charge is -2.12. The van der Waals surface area contributed by atoms with Gasteiger partial charge >= 0.3 is 0 Å². The Balaban J connectivity index is 1.46. The van der Waals surface area contributed by atoms with Crippen LogP contribution in [-0.4, -0.2) is 44.7 Å². The van der Waals surface area contributed by atoms with Gasteiger partial charge in [0.25, 0.3) is 0 Å². The number of thioether (sulfide) groups is 1. The summed E-state index contributed by atoms with van der Waals surface area (Å²) in [5.41, 5.74) is 6.08. The molecule has 0 radical (unpaired) electrons. The zero-order chi connectivity index (χ0) is 20.9. The van der Waals surface area contributed by atoms with Crippen molar-refractivity contribution >= 4 is 22.8 Å². The first kappa shape index (κ1) is 20.3. The minimum atomic E-state index is 0.830. The molecule has 152 valence electrons. The van der Waals surface area contributed by atoms with E-state index in [1.54, 1.807) is 11.8 Å². The number of nitrogens with one attached hydrogen (secondary N) is 2. The molecule has 5 nitrogen and oxygen atoms in total. The molecule has 0 aliphatic rings. The van der Waals surface area contributed by atoms with Gasteiger partial charge in [-0.1, -0.05) is 42.7 Å². The Bertz CT molecular complexity index is 1190. The van der Waals surface area contributed by atoms with E-state index in [4.69, 9.17) is 0 Å². The Morgan fingerprint density at radius 2 is 1.80 bits per heavy atom. The molecular formula is C24H25N5S. The van der Waals surface area contributed by atoms with Crippen molar-refractivity contribution in [1.82, 2.24) is 24.8 Å². The summed E-state index contributed by atoms with van der Waals surface area (Å²) in [7, 11) is 2.12. The number of hydrogen-bond acceptors (Lipinski definition) is 4. The average molecular weight is 416 g/mol. The smallest absolute Gasteiger partial charge is 0.166 e. The highest BCUT2D eigenvalue weighted by Gasteiger charge is 2.06. The molecule has 0 bridgehead atoms. The van der Waals surface area contributed by atoms with E-state index in [0.717, 1.165) is 63.9 Å². The van der Waals surface area contributed by atoms with Crippen LogP contribution >= 0.6 is 11.8 Å². The molecule has 6 heteroatoms. The molecule has 0 spiro atoms. The van der Waals surface area contributed by atoms with Crippen molar-refractivity contribution in [3.05, 3.63) is 65.6 Å². The molecule has 0 amide bonds. The van der Waals surface area contributed by atoms with E-state index < -0.39 is 0 Å². The molecule has 0 saturated carbocycles. The van der Waals surface area contributed by atoms with Gasteiger partial charge in [-0.25, -0.2) is 9.97 Å². The van der Waals surface area contributed by atoms with Gasteiger partial charge in [-0.05, 0) is 62.2 Å². The summed E-state index contributed by atoms with van der Waals surface area (Å²) in [5, 5.41) is 0.921. The molecule has 4 aromatic rings. The van der Waals surface area contributed by atoms with E-state index in [1.165, 1.54) is 0 Å². The Morgan fingerprint density at radius 3 is 2.57 bits per heavy atom. The van der Waals surface area contributed by atoms with Crippen LogP contribution in [0.15, 0.2) is 53.8 Å². The average Bonchev–Trinajstić information content (AvgIpc) is 3.39. The van der Waals surface area contributed by atoms with Crippen molar-refractivity contribution < 1.29 is 0 Å². The third-order valence-electron chi connectivity index (χ3n) is 4.85. The summed E-state index contributed by atoms with van der Waals surface area (Å²) in [6, 6.07) is 14.3. The number of fused-ring (bicyclic) bond motifs is 1. The van der Waals surface area contributed by atoms with Gasteiger partial charge in [0.05, 0.1) is 29.5 Å². The van der Waals surface area contributed by atoms with Gasteiger partial charge in [0.2, 0.25) is 0 Å². The van der Waals surface area contributed by atoms with Gasteiger partial charge in [-0.2, -0.15) is 0 Å². The number of nitrogens with zero attached hydrogens (tertiary/aromatic N) is 3. The van der Waals surface area contributed by atoms with Crippen molar-refractivity contribution in [3.63, 3.8) is 0 Å². The first-order valence-corrected chi connectivity index (χ1v) is 11.3. The Kier molecular flexibility index (Phi) is 6.22. The second kappa shape index (κ2) is 9.21. The van der Waals surface area contributed by atoms with Crippen LogP contribution in [0.25, 0.3) is 22.3 Å². The zero-order valence-electron chi connectivity index (χ0n) is 17.5. The molecule has 30 heavy (non-hydrogen) atoms. The normalized spacial score (nSPS) is 11.1. The fourth-order valence-electron chi connectivity index (χ4n) is 3.34. The van der Waals surface area contributed by atoms with Crippen molar-refractivity contribution in [1.29, 1.82) is 0 Å². The molecule has 4 rings (SSSR count). The summed E-state index contributed by atoms with van der Waals surface area (Å²) < 4.78 is 0. The molecule has 0 fully saturated rings. The van der Waals surface area contributed by atoms with E-state index in [9.17, 15) is 0 Å². The lowest BCUT2D eigenvalue weighted by molar-refractivity contribution is 0.320. The fourth-order valence-corrected chi connectivity index (χ4v) is 3.75. The maximum atomic E-state index is 4.51. The van der Waals surface area contributed by atoms with Gasteiger partial charge < -0.3 is 9.97 Å². The zero-order valence-corrected chi connectivity index (χ0v) is 18.3. The van der Waals surface area contributed by atoms with E-state index in [2.05, 4.69) is 62.8 Å². The summed E-state index contributed by atoms with van der Waals surface area (Å²) in [6.45, 7) is 4.08. The van der Waals surface area contributed by atoms with Gasteiger partial charge in [-0.3, -0.25) is 4.90 Å². The predicted molar refractivity (Wildman–Crippen MR) is 125 cm³/mol. The van der Waals surface area contributed by atoms with Gasteiger partial charge in [-0.15, -0.1) is 0 Å². The monoisotopic (exact) mass is 415 g/mol. The van der Waals surface area contributed by atoms with E-state index >= 15 is 0 Å². The summed E-state index contributed by atoms with van der Waals surface area (Å²) in [6.07, 6.45) is 5.05. The molecule has 0 aliphatic carbocycles. The van der Waals surface area contributed by atoms with Gasteiger partial charge in [0, 0.05) is 11.1 Å². The standard InChI is InChI=1S/C24H25N5S/c1-4-13-29(2)16-23-25-15-22(26-23)19-10-7-17(8-11-19)5-6-18-9-12-20-21(14-18)28-24(27-20)30-3/h7-12,14-15H,4,13,16H2,1-3H3,(H,25,26)(H,27,28). The number of rotatable bonds is 6. The SMILES string of the molecule is CCCN(C)Cc1ncc(-c2ccc(C#Cc3ccc4nc(SC)[nH]c4c3)cc2)[nH]1. The highest BCUT2D eigenvalue weighted by molar-refractivity contribution is 7.98. The number of aromatic nitrogens is 4. The van der Waals surface area contributed by atoms with E-state index in [1.807, 2.05) is 42.8 Å². The minimum absolute atomic E-state index is 0.830. The van der Waals surface area contributed by atoms with Crippen LogP contribution in [0.2, 0.25) is 0 Å². The molecule has 2 aromatic heterocycles. The highest BCUT2D eigenvalue weighted by Crippen LogP contribution is 2.19. The van der Waals surface area contributed by atoms with Crippen molar-refractivity contribution in [2.24, 2.45) is 0 Å². The molecule has 2 heterocycles. The maximum absolute atomic E-state index is 4.51. The maximum Gasteiger partial charge on any atom is 0.166 e. The number of imidazole rings is 2. The molecule has 0 atom stereocenters. The van der Waals surface area contributed by atoms with Crippen LogP contribution in [0.3, 0.4) is 0 Å². The predicted octanol–water partition coefficient (Wildman–Crippen LogP) is 4.92. The summed E-state index contributed by atoms with van der Waals surface area (Å²) >= 11 is 1.60. The topological polar surface area (TPSA) is 60.6 Å². The molecule has 2 aromatic carbocycles. The Labute approximate surface area is 181 Å². The van der Waals surface area contributed by atoms with Crippen LogP contribution in [0, 0.1) is 11.8 Å². The largest absolute Gasteiger partial charge is 0.341 e. The van der Waals surface area contributed by atoms with Gasteiger partial charge in [0.1, 0.15) is 5.82 Å². The number of aromatic amines is 2. The minimum Gasteiger partial charge on any atom is -0.341 e. The third-order valence-corrected chi connectivity index (χ3v) is 5.43. The van der Waals surface area contributed by atoms with Crippen LogP contribution in [0.1, 0.15) is 30.3 Å². The lowest BCUT2D eigenvalue weighted by atomic mass is 10.1. The second-order valence-corrected chi connectivity index (χ2v) is 8.08. The lowest BCUT2D eigenvalue weighted by Crippen LogP contribution is -2.19. The quantitative estimate of drug-likeness (QED) is 0.347. The third kappa shape index (κ3) is 4.76. The van der Waals surface area contributed by atoms with Crippen molar-refractivity contribution in [2.75, 3.05) is 19.8 Å². The number of H-pyrrole nitrogens is 2. The molecular weight excluding hydrogens is 390 g/mol. The Morgan fingerprint density at radius 1 is 1.03 bits per heavy atom. The van der Waals surface area contributed by atoms with E-state index in [-0.39, 0.29) is 0 Å². The van der Waals surface area contributed by atoms with E-state index in [0.29, 0.717) is 0 Å². The van der Waals surface area contributed by atoms with Crippen molar-refractivity contribution in [2.45, 2.75) is 25.0 Å². The first-order valence-electron chi connectivity index (χ1n) is 10.0. The molecule has 0 aliphatic heterocycles. The summed E-state index contributed by atoms with van der Waals surface area (Å²) in [4.78, 5) is 18.0. The van der Waals surface area contributed by atoms with Crippen LogP contribution < -0.4 is 0 Å². The van der Waals surface area contributed by atoms with Gasteiger partial charge in [0.15, 0.2) is 5.16 Å².